The Morgan fingerprint density at radius 3 is 2.74 bits per heavy atom. The fourth-order valence-corrected chi connectivity index (χ4v) is 2.67. The Balaban J connectivity index is 2.20. The molecule has 2 rings (SSSR count). The molecule has 1 aromatic carbocycles. The Morgan fingerprint density at radius 1 is 1.32 bits per heavy atom. The van der Waals surface area contributed by atoms with Gasteiger partial charge in [0.1, 0.15) is 0 Å². The lowest BCUT2D eigenvalue weighted by molar-refractivity contribution is -0.118. The second-order valence-electron chi connectivity index (χ2n) is 4.41. The van der Waals surface area contributed by atoms with Gasteiger partial charge in [-0.15, -0.1) is 0 Å². The van der Waals surface area contributed by atoms with E-state index in [-0.39, 0.29) is 5.91 Å². The molecule has 0 fully saturated rings. The highest BCUT2D eigenvalue weighted by Crippen LogP contribution is 2.23. The number of thiophene rings is 1. The normalized spacial score (nSPS) is 10.4. The monoisotopic (exact) mass is 274 g/mol. The highest BCUT2D eigenvalue weighted by Gasteiger charge is 2.17. The summed E-state index contributed by atoms with van der Waals surface area (Å²) < 4.78 is 0. The first kappa shape index (κ1) is 13.6. The zero-order valence-corrected chi connectivity index (χ0v) is 11.8. The van der Waals surface area contributed by atoms with Crippen molar-refractivity contribution >= 4 is 28.6 Å². The summed E-state index contributed by atoms with van der Waals surface area (Å²) in [5.74, 6) is 0.0955. The third-order valence-corrected chi connectivity index (χ3v) is 3.64. The van der Waals surface area contributed by atoms with Crippen LogP contribution in [0.5, 0.6) is 0 Å². The largest absolute Gasteiger partial charge is 0.397 e. The van der Waals surface area contributed by atoms with E-state index in [9.17, 15) is 4.79 Å². The Morgan fingerprint density at radius 2 is 2.11 bits per heavy atom. The molecule has 0 unspecified atom stereocenters. The molecule has 3 nitrogen and oxygen atoms in total. The number of nitrogens with zero attached hydrogens (tertiary/aromatic N) is 1. The standard InChI is InChI=1S/C15H18N2OS/c1-2-8-17(14-6-4-3-5-13(14)16)15(18)10-12-7-9-19-11-12/h3-7,9,11H,2,8,10,16H2,1H3. The molecule has 1 amide bonds. The Kier molecular flexibility index (Phi) is 4.58. The number of benzene rings is 1. The van der Waals surface area contributed by atoms with Gasteiger partial charge in [0.05, 0.1) is 17.8 Å². The van der Waals surface area contributed by atoms with Gasteiger partial charge in [-0.25, -0.2) is 0 Å². The number of hydrogen-bond acceptors (Lipinski definition) is 3. The van der Waals surface area contributed by atoms with Crippen molar-refractivity contribution in [2.45, 2.75) is 19.8 Å². The lowest BCUT2D eigenvalue weighted by Crippen LogP contribution is -2.33. The van der Waals surface area contributed by atoms with Crippen LogP contribution in [0.4, 0.5) is 11.4 Å². The molecule has 2 aromatic rings. The molecule has 0 atom stereocenters. The molecule has 0 spiro atoms. The molecule has 0 aliphatic carbocycles. The first-order chi connectivity index (χ1) is 9.22. The van der Waals surface area contributed by atoms with Crippen LogP contribution in [0.2, 0.25) is 0 Å². The van der Waals surface area contributed by atoms with Gasteiger partial charge in [-0.1, -0.05) is 19.1 Å². The van der Waals surface area contributed by atoms with E-state index in [2.05, 4.69) is 6.92 Å². The van der Waals surface area contributed by atoms with Crippen molar-refractivity contribution in [2.75, 3.05) is 17.2 Å². The molecule has 0 radical (unpaired) electrons. The second kappa shape index (κ2) is 6.38. The van der Waals surface area contributed by atoms with Crippen molar-refractivity contribution < 1.29 is 4.79 Å². The number of hydrogen-bond donors (Lipinski definition) is 1. The predicted molar refractivity (Wildman–Crippen MR) is 81.5 cm³/mol. The molecule has 100 valence electrons. The van der Waals surface area contributed by atoms with E-state index < -0.39 is 0 Å². The molecule has 0 saturated carbocycles. The van der Waals surface area contributed by atoms with Gasteiger partial charge < -0.3 is 10.6 Å². The zero-order chi connectivity index (χ0) is 13.7. The molecule has 1 aromatic heterocycles. The van der Waals surface area contributed by atoms with Crippen molar-refractivity contribution in [3.8, 4) is 0 Å². The Hall–Kier alpha value is -1.81. The van der Waals surface area contributed by atoms with Crippen LogP contribution < -0.4 is 10.6 Å². The smallest absolute Gasteiger partial charge is 0.231 e. The molecule has 0 aliphatic rings. The average Bonchev–Trinajstić information content (AvgIpc) is 2.90. The van der Waals surface area contributed by atoms with E-state index in [1.807, 2.05) is 41.1 Å². The summed E-state index contributed by atoms with van der Waals surface area (Å²) in [6.07, 6.45) is 1.33. The van der Waals surface area contributed by atoms with E-state index in [1.165, 1.54) is 0 Å². The van der Waals surface area contributed by atoms with Crippen molar-refractivity contribution in [3.05, 3.63) is 46.7 Å². The average molecular weight is 274 g/mol. The van der Waals surface area contributed by atoms with Crippen LogP contribution in [0.1, 0.15) is 18.9 Å². The molecular formula is C15H18N2OS. The quantitative estimate of drug-likeness (QED) is 0.850. The van der Waals surface area contributed by atoms with Gasteiger partial charge >= 0.3 is 0 Å². The topological polar surface area (TPSA) is 46.3 Å². The van der Waals surface area contributed by atoms with E-state index >= 15 is 0 Å². The highest BCUT2D eigenvalue weighted by molar-refractivity contribution is 7.08. The van der Waals surface area contributed by atoms with Gasteiger partial charge in [-0.3, -0.25) is 4.79 Å². The number of rotatable bonds is 5. The van der Waals surface area contributed by atoms with Gasteiger partial charge in [-0.05, 0) is 40.9 Å². The van der Waals surface area contributed by atoms with Crippen LogP contribution in [0.25, 0.3) is 0 Å². The summed E-state index contributed by atoms with van der Waals surface area (Å²) in [6, 6.07) is 9.51. The van der Waals surface area contributed by atoms with Crippen LogP contribution in [0, 0.1) is 0 Å². The maximum atomic E-state index is 12.4. The van der Waals surface area contributed by atoms with Crippen molar-refractivity contribution in [1.29, 1.82) is 0 Å². The van der Waals surface area contributed by atoms with E-state index in [0.29, 0.717) is 18.7 Å². The summed E-state index contributed by atoms with van der Waals surface area (Å²) in [6.45, 7) is 2.75. The molecule has 0 saturated heterocycles. The minimum atomic E-state index is 0.0955. The van der Waals surface area contributed by atoms with Crippen molar-refractivity contribution in [3.63, 3.8) is 0 Å². The van der Waals surface area contributed by atoms with Gasteiger partial charge in [-0.2, -0.15) is 11.3 Å². The lowest BCUT2D eigenvalue weighted by Gasteiger charge is -2.23. The van der Waals surface area contributed by atoms with Crippen molar-refractivity contribution in [1.82, 2.24) is 0 Å². The van der Waals surface area contributed by atoms with E-state index in [0.717, 1.165) is 17.7 Å². The number of carbonyl (C=O) groups is 1. The minimum Gasteiger partial charge on any atom is -0.397 e. The third kappa shape index (κ3) is 3.35. The number of carbonyl (C=O) groups excluding carboxylic acids is 1. The van der Waals surface area contributed by atoms with Crippen LogP contribution in [-0.4, -0.2) is 12.5 Å². The van der Waals surface area contributed by atoms with Gasteiger partial charge in [0, 0.05) is 6.54 Å². The van der Waals surface area contributed by atoms with Crippen LogP contribution in [0.15, 0.2) is 41.1 Å². The number of nitrogen functional groups attached to an aromatic ring is 1. The summed E-state index contributed by atoms with van der Waals surface area (Å²) in [4.78, 5) is 14.2. The summed E-state index contributed by atoms with van der Waals surface area (Å²) in [5, 5.41) is 4.00. The molecule has 2 N–H and O–H groups in total. The molecular weight excluding hydrogens is 256 g/mol. The Bertz CT molecular complexity index is 537. The second-order valence-corrected chi connectivity index (χ2v) is 5.19. The first-order valence-electron chi connectivity index (χ1n) is 6.38. The minimum absolute atomic E-state index is 0.0955. The summed E-state index contributed by atoms with van der Waals surface area (Å²) in [7, 11) is 0. The number of anilines is 2. The summed E-state index contributed by atoms with van der Waals surface area (Å²) in [5.41, 5.74) is 8.49. The molecule has 0 aliphatic heterocycles. The van der Waals surface area contributed by atoms with E-state index in [1.54, 1.807) is 16.2 Å². The number of amides is 1. The molecule has 0 bridgehead atoms. The first-order valence-corrected chi connectivity index (χ1v) is 7.32. The predicted octanol–water partition coefficient (Wildman–Crippen LogP) is 3.32. The Labute approximate surface area is 117 Å². The summed E-state index contributed by atoms with van der Waals surface area (Å²) >= 11 is 1.61. The molecule has 19 heavy (non-hydrogen) atoms. The zero-order valence-electron chi connectivity index (χ0n) is 11.0. The fourth-order valence-electron chi connectivity index (χ4n) is 2.00. The van der Waals surface area contributed by atoms with Gasteiger partial charge in [0.25, 0.3) is 0 Å². The number of para-hydroxylation sites is 2. The fraction of sp³-hybridized carbons (Fsp3) is 0.267. The van der Waals surface area contributed by atoms with Gasteiger partial charge in [0.15, 0.2) is 0 Å². The van der Waals surface area contributed by atoms with E-state index in [4.69, 9.17) is 5.73 Å². The van der Waals surface area contributed by atoms with Crippen molar-refractivity contribution in [2.24, 2.45) is 0 Å². The van der Waals surface area contributed by atoms with Crippen LogP contribution >= 0.6 is 11.3 Å². The maximum absolute atomic E-state index is 12.4. The van der Waals surface area contributed by atoms with Crippen LogP contribution in [-0.2, 0) is 11.2 Å². The van der Waals surface area contributed by atoms with Gasteiger partial charge in [0.2, 0.25) is 5.91 Å². The molecule has 1 heterocycles. The highest BCUT2D eigenvalue weighted by atomic mass is 32.1. The number of nitrogens with two attached hydrogens (primary N) is 1. The van der Waals surface area contributed by atoms with Crippen LogP contribution in [0.3, 0.4) is 0 Å². The SMILES string of the molecule is CCCN(C(=O)Cc1ccsc1)c1ccccc1N. The molecule has 4 heteroatoms. The third-order valence-electron chi connectivity index (χ3n) is 2.91. The lowest BCUT2D eigenvalue weighted by atomic mass is 10.2. The maximum Gasteiger partial charge on any atom is 0.231 e.